The number of nitrogens with zero attached hydrogens (tertiary/aromatic N) is 3. The first-order valence-corrected chi connectivity index (χ1v) is 8.28. The van der Waals surface area contributed by atoms with Gasteiger partial charge < -0.3 is 19.6 Å². The van der Waals surface area contributed by atoms with Crippen molar-refractivity contribution >= 4 is 17.5 Å². The predicted molar refractivity (Wildman–Crippen MR) is 94.6 cm³/mol. The number of fused-ring (bicyclic) bond motifs is 1. The van der Waals surface area contributed by atoms with Gasteiger partial charge in [0.05, 0.1) is 6.61 Å². The van der Waals surface area contributed by atoms with Crippen molar-refractivity contribution in [1.82, 2.24) is 4.98 Å². The molecule has 0 bridgehead atoms. The zero-order chi connectivity index (χ0) is 18.7. The number of anilines is 1. The predicted octanol–water partition coefficient (Wildman–Crippen LogP) is 2.88. The Hall–Kier alpha value is -3.16. The number of amides is 1. The summed E-state index contributed by atoms with van der Waals surface area (Å²) >= 11 is 0. The SMILES string of the molecule is Cc1ccc(OCCCN2C(=O)C(C)Oc3ccc([N+](=O)[O-])nc32)cc1. The molecule has 1 atom stereocenters. The number of benzene rings is 1. The molecule has 0 saturated carbocycles. The van der Waals surface area contributed by atoms with Crippen LogP contribution >= 0.6 is 0 Å². The number of nitro groups is 1. The van der Waals surface area contributed by atoms with E-state index in [1.807, 2.05) is 31.2 Å². The number of hydrogen-bond acceptors (Lipinski definition) is 6. The molecule has 1 aromatic heterocycles. The fourth-order valence-electron chi connectivity index (χ4n) is 2.64. The molecule has 1 unspecified atom stereocenters. The maximum atomic E-state index is 12.4. The molecular weight excluding hydrogens is 338 g/mol. The summed E-state index contributed by atoms with van der Waals surface area (Å²) < 4.78 is 11.2. The Morgan fingerprint density at radius 2 is 2.00 bits per heavy atom. The normalized spacial score (nSPS) is 16.0. The number of carbonyl (C=O) groups excluding carboxylic acids is 1. The van der Waals surface area contributed by atoms with Crippen LogP contribution in [-0.2, 0) is 4.79 Å². The molecule has 1 aliphatic rings. The average Bonchev–Trinajstić information content (AvgIpc) is 2.62. The largest absolute Gasteiger partial charge is 0.494 e. The van der Waals surface area contributed by atoms with Crippen molar-refractivity contribution in [3.8, 4) is 11.5 Å². The van der Waals surface area contributed by atoms with Crippen molar-refractivity contribution in [1.29, 1.82) is 0 Å². The summed E-state index contributed by atoms with van der Waals surface area (Å²) in [4.78, 5) is 28.2. The highest BCUT2D eigenvalue weighted by Gasteiger charge is 2.36. The number of hydrogen-bond donors (Lipinski definition) is 0. The monoisotopic (exact) mass is 357 g/mol. The van der Waals surface area contributed by atoms with Crippen molar-refractivity contribution in [3.63, 3.8) is 0 Å². The molecule has 0 radical (unpaired) electrons. The molecule has 8 heteroatoms. The summed E-state index contributed by atoms with van der Waals surface area (Å²) in [5, 5.41) is 11.0. The van der Waals surface area contributed by atoms with E-state index < -0.39 is 11.0 Å². The van der Waals surface area contributed by atoms with E-state index in [0.717, 1.165) is 11.3 Å². The first-order valence-electron chi connectivity index (χ1n) is 8.28. The summed E-state index contributed by atoms with van der Waals surface area (Å²) in [7, 11) is 0. The quantitative estimate of drug-likeness (QED) is 0.448. The summed E-state index contributed by atoms with van der Waals surface area (Å²) in [6, 6.07) is 10.4. The Bertz CT molecular complexity index is 822. The standard InChI is InChI=1S/C18H19N3O5/c1-12-4-6-14(7-5-12)25-11-3-10-20-17-15(26-13(2)18(20)22)8-9-16(19-17)21(23)24/h4-9,13H,3,10-11H2,1-2H3. The first kappa shape index (κ1) is 17.7. The molecule has 1 aliphatic heterocycles. The van der Waals surface area contributed by atoms with Crippen molar-refractivity contribution in [2.75, 3.05) is 18.1 Å². The van der Waals surface area contributed by atoms with Crippen LogP contribution in [0.4, 0.5) is 11.6 Å². The maximum Gasteiger partial charge on any atom is 0.366 e. The number of aryl methyl sites for hydroxylation is 1. The third kappa shape index (κ3) is 3.74. The Kier molecular flexibility index (Phi) is 5.01. The summed E-state index contributed by atoms with van der Waals surface area (Å²) in [6.45, 7) is 4.38. The summed E-state index contributed by atoms with van der Waals surface area (Å²) in [5.41, 5.74) is 1.15. The van der Waals surface area contributed by atoms with Crippen molar-refractivity contribution in [2.24, 2.45) is 0 Å². The molecule has 8 nitrogen and oxygen atoms in total. The molecule has 1 amide bonds. The average molecular weight is 357 g/mol. The molecule has 0 aliphatic carbocycles. The fraction of sp³-hybridized carbons (Fsp3) is 0.333. The smallest absolute Gasteiger partial charge is 0.366 e. The Balaban J connectivity index is 1.68. The van der Waals surface area contributed by atoms with E-state index in [1.165, 1.54) is 17.0 Å². The van der Waals surface area contributed by atoms with Crippen LogP contribution in [0.1, 0.15) is 18.9 Å². The van der Waals surface area contributed by atoms with E-state index in [-0.39, 0.29) is 17.5 Å². The first-order chi connectivity index (χ1) is 12.5. The summed E-state index contributed by atoms with van der Waals surface area (Å²) in [5.74, 6) is 0.697. The van der Waals surface area contributed by atoms with Crippen LogP contribution in [-0.4, -0.2) is 35.1 Å². The minimum atomic E-state index is -0.663. The lowest BCUT2D eigenvalue weighted by Crippen LogP contribution is -2.45. The van der Waals surface area contributed by atoms with Crippen LogP contribution in [0.25, 0.3) is 0 Å². The fourth-order valence-corrected chi connectivity index (χ4v) is 2.64. The highest BCUT2D eigenvalue weighted by Crippen LogP contribution is 2.34. The van der Waals surface area contributed by atoms with Crippen LogP contribution < -0.4 is 14.4 Å². The van der Waals surface area contributed by atoms with Crippen LogP contribution in [0.5, 0.6) is 11.5 Å². The Morgan fingerprint density at radius 1 is 1.27 bits per heavy atom. The summed E-state index contributed by atoms with van der Waals surface area (Å²) in [6.07, 6.45) is -0.111. The molecule has 0 N–H and O–H groups in total. The van der Waals surface area contributed by atoms with E-state index in [9.17, 15) is 14.9 Å². The number of pyridine rings is 1. The van der Waals surface area contributed by atoms with Gasteiger partial charge in [-0.2, -0.15) is 0 Å². The zero-order valence-corrected chi connectivity index (χ0v) is 14.5. The van der Waals surface area contributed by atoms with Gasteiger partial charge in [-0.15, -0.1) is 0 Å². The van der Waals surface area contributed by atoms with Crippen LogP contribution in [0.15, 0.2) is 36.4 Å². The zero-order valence-electron chi connectivity index (χ0n) is 14.5. The van der Waals surface area contributed by atoms with Gasteiger partial charge in [0.25, 0.3) is 11.7 Å². The molecule has 0 spiro atoms. The minimum absolute atomic E-state index is 0.178. The van der Waals surface area contributed by atoms with E-state index in [2.05, 4.69) is 4.98 Å². The van der Waals surface area contributed by atoms with Gasteiger partial charge in [-0.3, -0.25) is 9.69 Å². The number of ether oxygens (including phenoxy) is 2. The van der Waals surface area contributed by atoms with E-state index >= 15 is 0 Å². The second-order valence-electron chi connectivity index (χ2n) is 6.01. The molecule has 0 fully saturated rings. The molecule has 0 saturated heterocycles. The van der Waals surface area contributed by atoms with Gasteiger partial charge in [-0.25, -0.2) is 0 Å². The lowest BCUT2D eigenvalue weighted by molar-refractivity contribution is -0.389. The second kappa shape index (κ2) is 7.38. The molecule has 2 aromatic rings. The van der Waals surface area contributed by atoms with Gasteiger partial charge in [0, 0.05) is 12.6 Å². The molecule has 1 aromatic carbocycles. The van der Waals surface area contributed by atoms with Crippen LogP contribution in [0.3, 0.4) is 0 Å². The lowest BCUT2D eigenvalue weighted by Gasteiger charge is -2.29. The minimum Gasteiger partial charge on any atom is -0.494 e. The third-order valence-electron chi connectivity index (χ3n) is 4.00. The third-order valence-corrected chi connectivity index (χ3v) is 4.00. The molecule has 2 heterocycles. The van der Waals surface area contributed by atoms with Gasteiger partial charge in [-0.05, 0) is 48.4 Å². The second-order valence-corrected chi connectivity index (χ2v) is 6.01. The number of rotatable bonds is 6. The van der Waals surface area contributed by atoms with Crippen molar-refractivity contribution in [3.05, 3.63) is 52.1 Å². The van der Waals surface area contributed by atoms with Crippen LogP contribution in [0.2, 0.25) is 0 Å². The Labute approximate surface area is 150 Å². The molecule has 3 rings (SSSR count). The number of carbonyl (C=O) groups is 1. The van der Waals surface area contributed by atoms with Crippen molar-refractivity contribution < 1.29 is 19.2 Å². The van der Waals surface area contributed by atoms with Crippen molar-refractivity contribution in [2.45, 2.75) is 26.4 Å². The van der Waals surface area contributed by atoms with Gasteiger partial charge in [0.1, 0.15) is 5.75 Å². The maximum absolute atomic E-state index is 12.4. The van der Waals surface area contributed by atoms with Gasteiger partial charge in [-0.1, -0.05) is 17.7 Å². The molecule has 136 valence electrons. The van der Waals surface area contributed by atoms with Gasteiger partial charge in [0.15, 0.2) is 11.9 Å². The molecule has 26 heavy (non-hydrogen) atoms. The van der Waals surface area contributed by atoms with E-state index in [1.54, 1.807) is 6.92 Å². The highest BCUT2D eigenvalue weighted by atomic mass is 16.6. The van der Waals surface area contributed by atoms with Gasteiger partial charge >= 0.3 is 5.82 Å². The van der Waals surface area contributed by atoms with Gasteiger partial charge in [0.2, 0.25) is 0 Å². The Morgan fingerprint density at radius 3 is 2.69 bits per heavy atom. The van der Waals surface area contributed by atoms with Crippen LogP contribution in [0, 0.1) is 17.0 Å². The highest BCUT2D eigenvalue weighted by molar-refractivity contribution is 5.98. The van der Waals surface area contributed by atoms with E-state index in [0.29, 0.717) is 25.3 Å². The molecular formula is C18H19N3O5. The topological polar surface area (TPSA) is 94.8 Å². The van der Waals surface area contributed by atoms with E-state index in [4.69, 9.17) is 9.47 Å². The lowest BCUT2D eigenvalue weighted by atomic mass is 10.2. The number of aromatic nitrogens is 1.